The molecule has 2 saturated heterocycles. The molecule has 2 fully saturated rings. The van der Waals surface area contributed by atoms with Crippen molar-refractivity contribution in [2.24, 2.45) is 0 Å². The van der Waals surface area contributed by atoms with E-state index in [0.29, 0.717) is 71.9 Å². The second kappa shape index (κ2) is 56.8. The number of nitrogen functional groups attached to an aromatic ring is 1. The van der Waals surface area contributed by atoms with Crippen molar-refractivity contribution in [3.8, 4) is 34.5 Å². The van der Waals surface area contributed by atoms with E-state index in [1.165, 1.54) is 69.4 Å². The molecule has 5 heterocycles. The molecule has 0 atom stereocenters. The van der Waals surface area contributed by atoms with Crippen LogP contribution in [0, 0.1) is 0 Å². The molecule has 25 nitrogen and oxygen atoms in total. The maximum atomic E-state index is 13.1. The molecule has 0 aliphatic carbocycles. The van der Waals surface area contributed by atoms with Gasteiger partial charge in [-0.1, -0.05) is 85.0 Å². The summed E-state index contributed by atoms with van der Waals surface area (Å²) in [5, 5.41) is 22.7. The van der Waals surface area contributed by atoms with E-state index in [-0.39, 0.29) is 170 Å². The Balaban J connectivity index is 0.000000439. The van der Waals surface area contributed by atoms with Crippen molar-refractivity contribution in [2.75, 3.05) is 116 Å². The minimum absolute atomic E-state index is 0. The number of hydrogen-bond acceptors (Lipinski definition) is 20. The monoisotopic (exact) mass is 1900 g/mol. The van der Waals surface area contributed by atoms with E-state index in [0.717, 1.165) is 85.8 Å². The fourth-order valence-electron chi connectivity index (χ4n) is 11.0. The fourth-order valence-corrected chi connectivity index (χ4v) is 11.8. The average molecular weight is 1910 g/mol. The van der Waals surface area contributed by atoms with Gasteiger partial charge in [0.05, 0.1) is 44.2 Å². The van der Waals surface area contributed by atoms with Gasteiger partial charge in [-0.05, 0) is 170 Å². The number of likely N-dealkylation sites (N-methyl/N-ethyl adjacent to an activating group) is 2. The molecule has 2 aliphatic rings. The maximum absolute atomic E-state index is 13.1. The van der Waals surface area contributed by atoms with Crippen LogP contribution in [0.4, 0.5) is 74.0 Å². The first kappa shape index (κ1) is 109. The number of carbonyl (C=O) groups is 7. The van der Waals surface area contributed by atoms with E-state index in [1.54, 1.807) is 97.2 Å². The summed E-state index contributed by atoms with van der Waals surface area (Å²) >= 11 is 31.8. The molecular weight excluding hydrogens is 1820 g/mol. The Kier molecular flexibility index (Phi) is 49.9. The average Bonchev–Trinajstić information content (AvgIpc) is 0.826. The largest absolute Gasteiger partial charge is 1.00 e. The minimum atomic E-state index is -4.62. The summed E-state index contributed by atoms with van der Waals surface area (Å²) in [5.74, 6) is 1.85. The molecule has 3 aromatic heterocycles. The van der Waals surface area contributed by atoms with E-state index < -0.39 is 79.2 Å². The molecule has 8 N–H and O–H groups in total. The molecule has 9 aromatic rings. The minimum Gasteiger partial charge on any atom is -1.00 e. The number of aromatic nitrogens is 3. The van der Waals surface area contributed by atoms with Crippen LogP contribution in [0.2, 0.25) is 15.1 Å². The number of anilines is 6. The van der Waals surface area contributed by atoms with Crippen molar-refractivity contribution in [3.63, 3.8) is 0 Å². The quantitative estimate of drug-likeness (QED) is 0.00478. The summed E-state index contributed by atoms with van der Waals surface area (Å²) in [6.07, 6.45) is -8.09. The van der Waals surface area contributed by atoms with Crippen LogP contribution in [0.25, 0.3) is 0 Å². The van der Waals surface area contributed by atoms with Crippen LogP contribution in [0.1, 0.15) is 67.9 Å². The number of aryl methyl sites for hydroxylation is 3. The Labute approximate surface area is 825 Å². The summed E-state index contributed by atoms with van der Waals surface area (Å²) in [6.45, 7) is 15.1. The molecule has 0 saturated carbocycles. The van der Waals surface area contributed by atoms with Crippen LogP contribution in [0.15, 0.2) is 182 Å². The van der Waals surface area contributed by atoms with E-state index in [4.69, 9.17) is 99.6 Å². The SMILES string of the molecule is CCN1CCN(CC(=O)Nc2cc(Oc3cccc(CCC(=O)Nc4ccc(Cl)c(C(F)(F)F)c4)c3)ccn2)CC1.CCN1CCNCC1.Nc1cc(Oc2cccc(CCC(=O)Nc3ccc(Cl)c(C(F)(F)F)c3)c2)ccn1.O=C(CCc1cccc(Oc2ccnc(NC(=O)CCl)c2)c1)Nc1ccc(Cl)c(C(F)(F)F)c1.O=C(Cl)CCl.O=CO[O-].[H-].[K+].[K+]. The van der Waals surface area contributed by atoms with Crippen LogP contribution < -0.4 is 160 Å². The molecule has 42 heteroatoms. The van der Waals surface area contributed by atoms with Gasteiger partial charge in [-0.25, -0.2) is 15.0 Å². The van der Waals surface area contributed by atoms with Crippen LogP contribution in [-0.4, -0.2) is 155 Å². The van der Waals surface area contributed by atoms with Crippen molar-refractivity contribution in [1.82, 2.24) is 35.0 Å². The zero-order chi connectivity index (χ0) is 89.4. The van der Waals surface area contributed by atoms with Crippen molar-refractivity contribution in [1.29, 1.82) is 0 Å². The van der Waals surface area contributed by atoms with Crippen LogP contribution >= 0.6 is 69.6 Å². The smallest absolute Gasteiger partial charge is 1.00 e. The summed E-state index contributed by atoms with van der Waals surface area (Å²) < 4.78 is 134. The normalized spacial score (nSPS) is 12.5. The van der Waals surface area contributed by atoms with Crippen molar-refractivity contribution in [3.05, 3.63) is 231 Å². The number of carbonyl (C=O) groups excluding carboxylic acids is 7. The molecule has 656 valence electrons. The Hall–Kier alpha value is -7.36. The molecule has 124 heavy (non-hydrogen) atoms. The van der Waals surface area contributed by atoms with E-state index in [1.807, 2.05) is 12.1 Å². The van der Waals surface area contributed by atoms with Crippen molar-refractivity contribution < 1.29 is 202 Å². The number of alkyl halides is 11. The first-order chi connectivity index (χ1) is 58.0. The van der Waals surface area contributed by atoms with Crippen LogP contribution in [-0.2, 0) is 76.2 Å². The number of pyridine rings is 3. The van der Waals surface area contributed by atoms with Gasteiger partial charge < -0.3 is 73.2 Å². The molecule has 0 unspecified atom stereocenters. The van der Waals surface area contributed by atoms with Crippen molar-refractivity contribution in [2.45, 2.75) is 70.9 Å². The van der Waals surface area contributed by atoms with E-state index in [2.05, 4.69) is 80.3 Å². The molecule has 11 rings (SSSR count). The molecule has 2 aliphatic heterocycles. The zero-order valence-corrected chi connectivity index (χ0v) is 77.9. The Morgan fingerprint density at radius 3 is 1.10 bits per heavy atom. The number of hydrogen-bond donors (Lipinski definition) is 7. The molecule has 6 aromatic carbocycles. The molecule has 0 spiro atoms. The van der Waals surface area contributed by atoms with Gasteiger partial charge >= 0.3 is 121 Å². The van der Waals surface area contributed by atoms with Gasteiger partial charge in [0.1, 0.15) is 57.8 Å². The Bertz CT molecular complexity index is 4930. The summed E-state index contributed by atoms with van der Waals surface area (Å²) in [4.78, 5) is 100. The third-order valence-corrected chi connectivity index (χ3v) is 18.7. The zero-order valence-electron chi connectivity index (χ0n) is 68.2. The van der Waals surface area contributed by atoms with Gasteiger partial charge in [-0.3, -0.25) is 38.5 Å². The number of nitrogens with one attached hydrogen (secondary N) is 6. The first-order valence-corrected chi connectivity index (χ1v) is 39.6. The van der Waals surface area contributed by atoms with Gasteiger partial charge in [0.2, 0.25) is 34.8 Å². The number of ether oxygens (including phenoxy) is 3. The number of piperazine rings is 2. The van der Waals surface area contributed by atoms with Crippen LogP contribution in [0.5, 0.6) is 34.5 Å². The second-order valence-corrected chi connectivity index (χ2v) is 28.1. The first-order valence-electron chi connectivity index (χ1n) is 37.0. The van der Waals surface area contributed by atoms with Gasteiger partial charge in [-0.2, -0.15) is 39.5 Å². The number of benzene rings is 6. The van der Waals surface area contributed by atoms with Gasteiger partial charge in [0.25, 0.3) is 6.47 Å². The van der Waals surface area contributed by atoms with Crippen LogP contribution in [0.3, 0.4) is 0 Å². The Morgan fingerprint density at radius 1 is 0.460 bits per heavy atom. The molecular formula is C82H84Cl6F9K2N13O12. The predicted molar refractivity (Wildman–Crippen MR) is 448 cm³/mol. The number of nitrogens with zero attached hydrogens (tertiary/aromatic N) is 6. The number of rotatable bonds is 27. The predicted octanol–water partition coefficient (Wildman–Crippen LogP) is 11.1. The fraction of sp³-hybridized carbons (Fsp3) is 0.293. The van der Waals surface area contributed by atoms with Gasteiger partial charge in [-0.15, -0.1) is 23.2 Å². The number of amides is 5. The van der Waals surface area contributed by atoms with Gasteiger partial charge in [0, 0.05) is 125 Å². The summed E-state index contributed by atoms with van der Waals surface area (Å²) in [5.41, 5.74) is 5.07. The number of halogens is 15. The molecule has 0 radical (unpaired) electrons. The molecule has 0 bridgehead atoms. The molecule has 5 amide bonds. The van der Waals surface area contributed by atoms with E-state index >= 15 is 0 Å². The third-order valence-electron chi connectivity index (χ3n) is 16.9. The van der Waals surface area contributed by atoms with Gasteiger partial charge in [0.15, 0.2) is 0 Å². The summed E-state index contributed by atoms with van der Waals surface area (Å²) in [6, 6.07) is 40.6. The Morgan fingerprint density at radius 2 is 0.782 bits per heavy atom. The topological polar surface area (TPSA) is 326 Å². The van der Waals surface area contributed by atoms with Crippen molar-refractivity contribution >= 4 is 145 Å². The second-order valence-electron chi connectivity index (χ2n) is 25.9. The van der Waals surface area contributed by atoms with E-state index in [9.17, 15) is 68.3 Å². The summed E-state index contributed by atoms with van der Waals surface area (Å²) in [7, 11) is 0. The third kappa shape index (κ3) is 42.1. The maximum Gasteiger partial charge on any atom is 1.00 e. The standard InChI is InChI=1S/C29H31ClF3N5O3.C23H18Cl2F3N3O3.C21H17ClF3N3O2.C6H14N2.C2H2Cl2O.CH2O3.2K.H/c1-2-37-12-14-38(15-13-37)19-28(40)36-26-18-23(10-11-34-26)41-22-5-3-4-20(16-22)6-9-27(39)35-21-7-8-25(30)24(17-21)29(31,32)33;24-13-22(33)31-20-12-17(8-9-29-20)34-16-3-1-2-14(10-16)4-7-21(32)30-15-5-6-19(25)18(11-15)23(26,27)28;22-18-6-5-14(11-17(18)21(23,24)25)28-20(29)7-4-13-2-1-3-15(10-13)30-16-8-9-27-19(26)12-16;1-2-8-5-3-7-4-6-8;3-1-2(4)5;2-1-4-3;;;/h3-5,7-8,10-11,16-18H,2,6,9,12-15,19H2,1H3,(H,35,39)(H,34,36,40);1-3,5-6,8-12H,4,7,13H2,(H,30,32)(H,29,31,33);1-3,5-6,8-12H,4,7H2,(H2,26,27)(H,28,29);7H,2-6H2,1H3;1H2;1,3H;;;/q;;;;;;2*+1;-1/p-1. The number of nitrogens with two attached hydrogens (primary N) is 1.